The highest BCUT2D eigenvalue weighted by molar-refractivity contribution is 5.96. The Balaban J connectivity index is 1.39. The molecule has 3 aromatic rings. The summed E-state index contributed by atoms with van der Waals surface area (Å²) < 4.78 is 20.2. The number of ether oxygens (including phenoxy) is 1. The van der Waals surface area contributed by atoms with E-state index in [0.29, 0.717) is 18.7 Å². The largest absolute Gasteiger partial charge is 0.485 e. The van der Waals surface area contributed by atoms with Crippen LogP contribution in [0, 0.1) is 5.82 Å². The molecule has 7 nitrogen and oxygen atoms in total. The van der Waals surface area contributed by atoms with Gasteiger partial charge < -0.3 is 20.3 Å². The summed E-state index contributed by atoms with van der Waals surface area (Å²) in [5.41, 5.74) is 2.84. The third-order valence-electron chi connectivity index (χ3n) is 7.04. The molecule has 0 saturated heterocycles. The van der Waals surface area contributed by atoms with Gasteiger partial charge in [0, 0.05) is 25.1 Å². The van der Waals surface area contributed by atoms with Crippen molar-refractivity contribution in [2.75, 3.05) is 6.54 Å². The first-order chi connectivity index (χ1) is 17.4. The van der Waals surface area contributed by atoms with Gasteiger partial charge in [0.25, 0.3) is 5.91 Å². The molecule has 0 aromatic heterocycles. The first-order valence-corrected chi connectivity index (χ1v) is 11.9. The van der Waals surface area contributed by atoms with E-state index in [2.05, 4.69) is 22.3 Å². The van der Waals surface area contributed by atoms with Gasteiger partial charge in [-0.15, -0.1) is 0 Å². The summed E-state index contributed by atoms with van der Waals surface area (Å²) in [6.45, 7) is 1.31. The zero-order valence-corrected chi connectivity index (χ0v) is 19.5. The van der Waals surface area contributed by atoms with Crippen molar-refractivity contribution < 1.29 is 28.9 Å². The number of aromatic carboxylic acids is 1. The maximum atomic E-state index is 14.3. The van der Waals surface area contributed by atoms with Gasteiger partial charge in [-0.2, -0.15) is 0 Å². The highest BCUT2D eigenvalue weighted by Gasteiger charge is 2.48. The molecule has 0 unspecified atom stereocenters. The van der Waals surface area contributed by atoms with Crippen molar-refractivity contribution in [2.24, 2.45) is 0 Å². The standard InChI is InChI=1S/C28H27FN2O5/c29-21-7-3-4-8-23(21)36-24-15-22(30-27(33)18-9-11-19(12-10-18)28(34)35)25(26(24)32)31-14-13-17-5-1-2-6-20(17)16-31/h1-12,22,24-26,32H,13-16H2,(H,30,33)(H,34,35)/t22-,24-,25+,26+/m1/s1. The molecular weight excluding hydrogens is 463 g/mol. The van der Waals surface area contributed by atoms with Crippen molar-refractivity contribution in [2.45, 2.75) is 43.7 Å². The molecule has 0 bridgehead atoms. The molecule has 186 valence electrons. The summed E-state index contributed by atoms with van der Waals surface area (Å²) >= 11 is 0. The number of carboxylic acids is 1. The van der Waals surface area contributed by atoms with E-state index >= 15 is 0 Å². The number of carboxylic acid groups (broad SMARTS) is 1. The van der Waals surface area contributed by atoms with Gasteiger partial charge >= 0.3 is 5.97 Å². The van der Waals surface area contributed by atoms with E-state index in [-0.39, 0.29) is 23.6 Å². The summed E-state index contributed by atoms with van der Waals surface area (Å²) in [6.07, 6.45) is -0.578. The zero-order chi connectivity index (χ0) is 25.2. The van der Waals surface area contributed by atoms with Gasteiger partial charge in [-0.25, -0.2) is 9.18 Å². The second-order valence-electron chi connectivity index (χ2n) is 9.26. The van der Waals surface area contributed by atoms with E-state index < -0.39 is 36.1 Å². The molecule has 36 heavy (non-hydrogen) atoms. The lowest BCUT2D eigenvalue weighted by Crippen LogP contribution is -2.54. The van der Waals surface area contributed by atoms with E-state index in [1.165, 1.54) is 47.5 Å². The van der Waals surface area contributed by atoms with Crippen LogP contribution in [0.4, 0.5) is 4.39 Å². The molecule has 3 aromatic carbocycles. The van der Waals surface area contributed by atoms with E-state index in [9.17, 15) is 19.1 Å². The number of hydrogen-bond acceptors (Lipinski definition) is 5. The smallest absolute Gasteiger partial charge is 0.335 e. The lowest BCUT2D eigenvalue weighted by molar-refractivity contribution is 0.00150. The number of nitrogens with one attached hydrogen (secondary N) is 1. The van der Waals surface area contributed by atoms with Crippen molar-refractivity contribution in [1.29, 1.82) is 0 Å². The van der Waals surface area contributed by atoms with Crippen molar-refractivity contribution >= 4 is 11.9 Å². The van der Waals surface area contributed by atoms with E-state index in [1.54, 1.807) is 12.1 Å². The number of fused-ring (bicyclic) bond motifs is 1. The van der Waals surface area contributed by atoms with Gasteiger partial charge in [0.1, 0.15) is 12.2 Å². The molecule has 2 aliphatic rings. The first-order valence-electron chi connectivity index (χ1n) is 11.9. The van der Waals surface area contributed by atoms with Gasteiger partial charge in [-0.3, -0.25) is 9.69 Å². The number of halogens is 1. The van der Waals surface area contributed by atoms with Crippen LogP contribution < -0.4 is 10.1 Å². The number of amides is 1. The number of aliphatic hydroxyl groups is 1. The zero-order valence-electron chi connectivity index (χ0n) is 19.5. The number of hydrogen-bond donors (Lipinski definition) is 3. The van der Waals surface area contributed by atoms with Crippen molar-refractivity contribution in [1.82, 2.24) is 10.2 Å². The molecule has 1 aliphatic heterocycles. The van der Waals surface area contributed by atoms with Gasteiger partial charge in [0.15, 0.2) is 11.6 Å². The van der Waals surface area contributed by atoms with Crippen LogP contribution in [0.25, 0.3) is 0 Å². The topological polar surface area (TPSA) is 99.1 Å². The second-order valence-corrected chi connectivity index (χ2v) is 9.26. The Bertz CT molecular complexity index is 1260. The molecule has 1 heterocycles. The van der Waals surface area contributed by atoms with Crippen LogP contribution in [0.2, 0.25) is 0 Å². The fraction of sp³-hybridized carbons (Fsp3) is 0.286. The predicted molar refractivity (Wildman–Crippen MR) is 130 cm³/mol. The van der Waals surface area contributed by atoms with E-state index in [4.69, 9.17) is 9.84 Å². The molecule has 8 heteroatoms. The molecular formula is C28H27FN2O5. The quantitative estimate of drug-likeness (QED) is 0.491. The Hall–Kier alpha value is -3.75. The highest BCUT2D eigenvalue weighted by Crippen LogP contribution is 2.33. The number of aliphatic hydroxyl groups excluding tert-OH is 1. The average Bonchev–Trinajstić information content (AvgIpc) is 3.19. The minimum atomic E-state index is -1.07. The predicted octanol–water partition coefficient (Wildman–Crippen LogP) is 3.26. The van der Waals surface area contributed by atoms with Crippen LogP contribution in [0.5, 0.6) is 5.75 Å². The summed E-state index contributed by atoms with van der Waals surface area (Å²) in [5, 5.41) is 23.5. The van der Waals surface area contributed by atoms with Crippen LogP contribution in [0.1, 0.15) is 38.3 Å². The SMILES string of the molecule is O=C(O)c1ccc(C(=O)N[C@@H]2C[C@@H](Oc3ccccc3F)[C@H](O)[C@H]2N2CCc3ccccc3C2)cc1. The number of rotatable bonds is 6. The number of para-hydroxylation sites is 1. The Labute approximate surface area is 208 Å². The molecule has 5 rings (SSSR count). The minimum absolute atomic E-state index is 0.0560. The van der Waals surface area contributed by atoms with Gasteiger partial charge in [0.05, 0.1) is 17.6 Å². The number of carbonyl (C=O) groups excluding carboxylic acids is 1. The maximum Gasteiger partial charge on any atom is 0.335 e. The molecule has 0 radical (unpaired) electrons. The second kappa shape index (κ2) is 10.1. The third-order valence-corrected chi connectivity index (χ3v) is 7.04. The van der Waals surface area contributed by atoms with Crippen molar-refractivity contribution in [3.8, 4) is 5.75 Å². The van der Waals surface area contributed by atoms with E-state index in [1.807, 2.05) is 12.1 Å². The van der Waals surface area contributed by atoms with Crippen LogP contribution in [-0.2, 0) is 13.0 Å². The summed E-state index contributed by atoms with van der Waals surface area (Å²) in [5.74, 6) is -1.91. The molecule has 1 amide bonds. The highest BCUT2D eigenvalue weighted by atomic mass is 19.1. The molecule has 1 aliphatic carbocycles. The lowest BCUT2D eigenvalue weighted by atomic mass is 9.96. The Morgan fingerprint density at radius 1 is 0.944 bits per heavy atom. The molecule has 4 atom stereocenters. The van der Waals surface area contributed by atoms with Crippen LogP contribution in [0.3, 0.4) is 0 Å². The van der Waals surface area contributed by atoms with E-state index in [0.717, 1.165) is 6.42 Å². The summed E-state index contributed by atoms with van der Waals surface area (Å²) in [7, 11) is 0. The van der Waals surface area contributed by atoms with Gasteiger partial charge in [-0.05, 0) is 53.9 Å². The number of benzene rings is 3. The molecule has 0 spiro atoms. The Morgan fingerprint density at radius 3 is 2.33 bits per heavy atom. The molecule has 1 fully saturated rings. The Morgan fingerprint density at radius 2 is 1.61 bits per heavy atom. The summed E-state index contributed by atoms with van der Waals surface area (Å²) in [6, 6.07) is 19.0. The van der Waals surface area contributed by atoms with Crippen LogP contribution >= 0.6 is 0 Å². The van der Waals surface area contributed by atoms with Gasteiger partial charge in [-0.1, -0.05) is 36.4 Å². The third kappa shape index (κ3) is 4.82. The van der Waals surface area contributed by atoms with Crippen LogP contribution in [0.15, 0.2) is 72.8 Å². The molecule has 3 N–H and O–H groups in total. The first kappa shape index (κ1) is 24.0. The Kier molecular flexibility index (Phi) is 6.71. The fourth-order valence-corrected chi connectivity index (χ4v) is 5.21. The number of carbonyl (C=O) groups is 2. The minimum Gasteiger partial charge on any atom is -0.485 e. The van der Waals surface area contributed by atoms with Crippen molar-refractivity contribution in [3.63, 3.8) is 0 Å². The average molecular weight is 491 g/mol. The number of nitrogens with zero attached hydrogens (tertiary/aromatic N) is 1. The fourth-order valence-electron chi connectivity index (χ4n) is 5.21. The van der Waals surface area contributed by atoms with Crippen LogP contribution in [-0.4, -0.2) is 57.8 Å². The van der Waals surface area contributed by atoms with Crippen molar-refractivity contribution in [3.05, 3.63) is 101 Å². The monoisotopic (exact) mass is 490 g/mol. The normalized spacial score (nSPS) is 23.6. The summed E-state index contributed by atoms with van der Waals surface area (Å²) in [4.78, 5) is 26.4. The lowest BCUT2D eigenvalue weighted by Gasteiger charge is -2.38. The molecule has 1 saturated carbocycles. The van der Waals surface area contributed by atoms with Gasteiger partial charge in [0.2, 0.25) is 0 Å². The maximum absolute atomic E-state index is 14.3.